The lowest BCUT2D eigenvalue weighted by atomic mass is 10.1. The van der Waals surface area contributed by atoms with E-state index in [2.05, 4.69) is 4.98 Å². The van der Waals surface area contributed by atoms with Crippen molar-refractivity contribution in [2.75, 3.05) is 5.75 Å². The number of imidazole rings is 1. The van der Waals surface area contributed by atoms with Crippen LogP contribution in [-0.2, 0) is 6.54 Å². The molecule has 0 radical (unpaired) electrons. The van der Waals surface area contributed by atoms with E-state index in [-0.39, 0.29) is 5.69 Å². The zero-order valence-electron chi connectivity index (χ0n) is 14.8. The average molecular weight is 411 g/mol. The maximum absolute atomic E-state index is 12.8. The summed E-state index contributed by atoms with van der Waals surface area (Å²) in [4.78, 5) is 25.3. The van der Waals surface area contributed by atoms with Gasteiger partial charge >= 0.3 is 5.69 Å². The van der Waals surface area contributed by atoms with Crippen molar-refractivity contribution in [3.8, 4) is 11.3 Å². The zero-order chi connectivity index (χ0) is 20.5. The summed E-state index contributed by atoms with van der Waals surface area (Å²) in [5.41, 5.74) is 0.549. The van der Waals surface area contributed by atoms with Gasteiger partial charge in [-0.25, -0.2) is 4.98 Å². The molecule has 10 nitrogen and oxygen atoms in total. The van der Waals surface area contributed by atoms with Crippen LogP contribution < -0.4 is 0 Å². The Balaban J connectivity index is 1.85. The molecule has 1 aliphatic heterocycles. The van der Waals surface area contributed by atoms with Crippen LogP contribution in [0.1, 0.15) is 5.69 Å². The van der Waals surface area contributed by atoms with E-state index in [4.69, 9.17) is 0 Å². The van der Waals surface area contributed by atoms with E-state index in [1.165, 1.54) is 6.21 Å². The number of non-ortho nitro benzene ring substituents is 1. The van der Waals surface area contributed by atoms with Gasteiger partial charge in [-0.1, -0.05) is 42.1 Å². The van der Waals surface area contributed by atoms with Crippen molar-refractivity contribution in [2.24, 2.45) is 0 Å². The molecule has 0 N–H and O–H groups in total. The molecule has 0 amide bonds. The number of nitro benzene ring substituents is 2. The monoisotopic (exact) mass is 411 g/mol. The second-order valence-corrected chi connectivity index (χ2v) is 7.20. The molecule has 11 heteroatoms. The third-order valence-corrected chi connectivity index (χ3v) is 5.37. The van der Waals surface area contributed by atoms with Crippen LogP contribution in [0.2, 0.25) is 0 Å². The first-order valence-corrected chi connectivity index (χ1v) is 9.47. The fraction of sp³-hybridized carbons (Fsp3) is 0.111. The van der Waals surface area contributed by atoms with E-state index in [0.717, 1.165) is 34.7 Å². The molecule has 0 spiro atoms. The Kier molecular flexibility index (Phi) is 4.72. The van der Waals surface area contributed by atoms with Crippen molar-refractivity contribution in [3.63, 3.8) is 0 Å². The highest BCUT2D eigenvalue weighted by Crippen LogP contribution is 2.34. The highest BCUT2D eigenvalue weighted by molar-refractivity contribution is 7.99. The predicted octanol–water partition coefficient (Wildman–Crippen LogP) is 3.73. The molecule has 1 aliphatic rings. The number of rotatable bonds is 5. The third-order valence-electron chi connectivity index (χ3n) is 4.41. The fourth-order valence-corrected chi connectivity index (χ4v) is 4.03. The number of hydrogen-bond donors (Lipinski definition) is 0. The first-order chi connectivity index (χ1) is 14.0. The van der Waals surface area contributed by atoms with Gasteiger partial charge in [-0.3, -0.25) is 20.2 Å². The Labute approximate surface area is 168 Å². The SMILES string of the molecule is O=[N+]([O-])c1ccc(/[N+]([O-])=C/c2c(-c3ccccc3)nc3n2CCS3)c([N+](=O)[O-])c1. The maximum atomic E-state index is 12.8. The van der Waals surface area contributed by atoms with Crippen molar-refractivity contribution in [1.82, 2.24) is 9.55 Å². The average Bonchev–Trinajstić information content (AvgIpc) is 3.30. The predicted molar refractivity (Wildman–Crippen MR) is 107 cm³/mol. The van der Waals surface area contributed by atoms with E-state index >= 15 is 0 Å². The molecule has 0 fully saturated rings. The molecular formula is C18H13N5O5S. The van der Waals surface area contributed by atoms with E-state index in [0.29, 0.717) is 22.7 Å². The lowest BCUT2D eigenvalue weighted by Gasteiger charge is -2.06. The molecule has 0 atom stereocenters. The maximum Gasteiger partial charge on any atom is 0.348 e. The zero-order valence-corrected chi connectivity index (χ0v) is 15.6. The largest absolute Gasteiger partial charge is 0.618 e. The molecule has 29 heavy (non-hydrogen) atoms. The summed E-state index contributed by atoms with van der Waals surface area (Å²) in [5.74, 6) is 0.814. The minimum atomic E-state index is -0.810. The summed E-state index contributed by atoms with van der Waals surface area (Å²) in [6.07, 6.45) is 1.23. The first kappa shape index (κ1) is 18.6. The molecule has 3 aromatic rings. The van der Waals surface area contributed by atoms with Crippen molar-refractivity contribution >= 4 is 35.0 Å². The second kappa shape index (κ2) is 7.36. The molecule has 146 valence electrons. The summed E-state index contributed by atoms with van der Waals surface area (Å²) in [5, 5.41) is 35.9. The number of thioether (sulfide) groups is 1. The van der Waals surface area contributed by atoms with Crippen LogP contribution in [0, 0.1) is 25.4 Å². The van der Waals surface area contributed by atoms with Gasteiger partial charge in [-0.05, 0) is 0 Å². The Bertz CT molecular complexity index is 1160. The molecule has 0 saturated heterocycles. The molecule has 0 bridgehead atoms. The summed E-state index contributed by atoms with van der Waals surface area (Å²) < 4.78 is 2.25. The van der Waals surface area contributed by atoms with Gasteiger partial charge in [0.2, 0.25) is 6.21 Å². The topological polar surface area (TPSA) is 130 Å². The highest BCUT2D eigenvalue weighted by Gasteiger charge is 2.28. The third kappa shape index (κ3) is 3.43. The number of hydrogen-bond acceptors (Lipinski definition) is 7. The highest BCUT2D eigenvalue weighted by atomic mass is 32.2. The summed E-state index contributed by atoms with van der Waals surface area (Å²) in [6, 6.07) is 12.2. The fourth-order valence-electron chi connectivity index (χ4n) is 3.08. The van der Waals surface area contributed by atoms with Crippen molar-refractivity contribution in [2.45, 2.75) is 11.7 Å². The first-order valence-electron chi connectivity index (χ1n) is 8.48. The quantitative estimate of drug-likeness (QED) is 0.205. The van der Waals surface area contributed by atoms with Crippen LogP contribution in [0.4, 0.5) is 17.1 Å². The Morgan fingerprint density at radius 1 is 1.00 bits per heavy atom. The molecular weight excluding hydrogens is 398 g/mol. The summed E-state index contributed by atoms with van der Waals surface area (Å²) >= 11 is 1.56. The van der Waals surface area contributed by atoms with Crippen molar-refractivity contribution < 1.29 is 14.6 Å². The van der Waals surface area contributed by atoms with Crippen LogP contribution in [0.15, 0.2) is 53.7 Å². The van der Waals surface area contributed by atoms with E-state index < -0.39 is 21.2 Å². The van der Waals surface area contributed by atoms with Crippen LogP contribution in [0.5, 0.6) is 0 Å². The van der Waals surface area contributed by atoms with E-state index in [1.54, 1.807) is 11.8 Å². The van der Waals surface area contributed by atoms with Gasteiger partial charge in [0.25, 0.3) is 11.4 Å². The second-order valence-electron chi connectivity index (χ2n) is 6.14. The number of fused-ring (bicyclic) bond motifs is 1. The standard InChI is InChI=1S/C18H13N5O5S/c24-21(14-7-6-13(22(25)26)10-15(14)23(27)28)11-16-17(12-4-2-1-3-5-12)19-18-20(16)8-9-29-18/h1-7,10-11H,8-9H2/b21-11-. The molecule has 2 aromatic carbocycles. The molecule has 0 aliphatic carbocycles. The normalized spacial score (nSPS) is 13.3. The van der Waals surface area contributed by atoms with Crippen molar-refractivity contribution in [1.29, 1.82) is 0 Å². The van der Waals surface area contributed by atoms with Gasteiger partial charge in [-0.15, -0.1) is 0 Å². The minimum Gasteiger partial charge on any atom is -0.618 e. The number of nitrogens with zero attached hydrogens (tertiary/aromatic N) is 5. The van der Waals surface area contributed by atoms with Crippen molar-refractivity contribution in [3.05, 3.63) is 79.7 Å². The Morgan fingerprint density at radius 2 is 1.76 bits per heavy atom. The number of aromatic nitrogens is 2. The van der Waals surface area contributed by atoms with Crippen LogP contribution in [-0.4, -0.2) is 36.1 Å². The smallest absolute Gasteiger partial charge is 0.348 e. The van der Waals surface area contributed by atoms with Gasteiger partial charge in [0, 0.05) is 30.0 Å². The Morgan fingerprint density at radius 3 is 2.45 bits per heavy atom. The lowest BCUT2D eigenvalue weighted by molar-refractivity contribution is -0.413. The molecule has 1 aromatic heterocycles. The summed E-state index contributed by atoms with van der Waals surface area (Å²) in [6.45, 7) is 0.655. The summed E-state index contributed by atoms with van der Waals surface area (Å²) in [7, 11) is 0. The molecule has 0 unspecified atom stereocenters. The number of nitro groups is 2. The number of benzene rings is 2. The lowest BCUT2D eigenvalue weighted by Crippen LogP contribution is -2.08. The van der Waals surface area contributed by atoms with Crippen LogP contribution in [0.25, 0.3) is 11.3 Å². The molecule has 4 rings (SSSR count). The van der Waals surface area contributed by atoms with Crippen LogP contribution in [0.3, 0.4) is 0 Å². The molecule has 2 heterocycles. The minimum absolute atomic E-state index is 0.291. The van der Waals surface area contributed by atoms with E-state index in [1.807, 2.05) is 34.9 Å². The molecule has 0 saturated carbocycles. The van der Waals surface area contributed by atoms with Gasteiger partial charge in [0.1, 0.15) is 17.5 Å². The van der Waals surface area contributed by atoms with Gasteiger partial charge in [-0.2, -0.15) is 4.74 Å². The van der Waals surface area contributed by atoms with Crippen LogP contribution >= 0.6 is 11.8 Å². The Hall–Kier alpha value is -3.73. The van der Waals surface area contributed by atoms with E-state index in [9.17, 15) is 25.4 Å². The van der Waals surface area contributed by atoms with Gasteiger partial charge in [0.05, 0.1) is 9.85 Å². The van der Waals surface area contributed by atoms with Gasteiger partial charge in [0.15, 0.2) is 5.16 Å². The van der Waals surface area contributed by atoms with Gasteiger partial charge < -0.3 is 9.77 Å².